The molecule has 1 N–H and O–H groups in total. The molecule has 1 aliphatic carbocycles. The highest BCUT2D eigenvalue weighted by Crippen LogP contribution is 2.24. The lowest BCUT2D eigenvalue weighted by Gasteiger charge is -2.14. The lowest BCUT2D eigenvalue weighted by Crippen LogP contribution is -2.32. The molecular weight excluding hydrogens is 172 g/mol. The second-order valence-electron chi connectivity index (χ2n) is 3.89. The summed E-state index contributed by atoms with van der Waals surface area (Å²) in [6, 6.07) is 2.81. The summed E-state index contributed by atoms with van der Waals surface area (Å²) in [5.74, 6) is 2.87. The summed E-state index contributed by atoms with van der Waals surface area (Å²) in [6.45, 7) is 1.00. The van der Waals surface area contributed by atoms with Gasteiger partial charge >= 0.3 is 0 Å². The van der Waals surface area contributed by atoms with Gasteiger partial charge in [0.15, 0.2) is 0 Å². The molecule has 0 aliphatic heterocycles. The zero-order valence-corrected chi connectivity index (χ0v) is 8.63. The molecule has 2 unspecified atom stereocenters. The third kappa shape index (κ3) is 3.40. The molecule has 0 heterocycles. The summed E-state index contributed by atoms with van der Waals surface area (Å²) in [6.07, 6.45) is 11.7. The Kier molecular flexibility index (Phi) is 5.12. The minimum absolute atomic E-state index is 0.239. The molecule has 0 saturated heterocycles. The maximum absolute atomic E-state index is 8.86. The average molecular weight is 190 g/mol. The normalized spacial score (nSPS) is 25.6. The molecule has 76 valence electrons. The van der Waals surface area contributed by atoms with Crippen LogP contribution < -0.4 is 5.32 Å². The number of rotatable bonds is 5. The van der Waals surface area contributed by atoms with Gasteiger partial charge in [-0.2, -0.15) is 5.26 Å². The van der Waals surface area contributed by atoms with Crippen LogP contribution in [0.5, 0.6) is 0 Å². The molecule has 1 rings (SSSR count). The molecule has 0 aromatic rings. The van der Waals surface area contributed by atoms with E-state index in [9.17, 15) is 0 Å². The smallest absolute Gasteiger partial charge is 0.0672 e. The predicted molar refractivity (Wildman–Crippen MR) is 57.4 cm³/mol. The molecule has 1 fully saturated rings. The van der Waals surface area contributed by atoms with Gasteiger partial charge in [0, 0.05) is 12.5 Å². The Morgan fingerprint density at radius 3 is 2.93 bits per heavy atom. The number of terminal acetylenes is 1. The monoisotopic (exact) mass is 190 g/mol. The lowest BCUT2D eigenvalue weighted by molar-refractivity contribution is 0.457. The van der Waals surface area contributed by atoms with Crippen molar-refractivity contribution < 1.29 is 0 Å². The van der Waals surface area contributed by atoms with Gasteiger partial charge in [-0.05, 0) is 32.2 Å². The van der Waals surface area contributed by atoms with Crippen LogP contribution in [0.2, 0.25) is 0 Å². The van der Waals surface area contributed by atoms with Crippen molar-refractivity contribution in [3.63, 3.8) is 0 Å². The van der Waals surface area contributed by atoms with Crippen LogP contribution in [-0.4, -0.2) is 12.6 Å². The Balaban J connectivity index is 2.07. The molecule has 14 heavy (non-hydrogen) atoms. The van der Waals surface area contributed by atoms with Gasteiger partial charge in [-0.3, -0.25) is 0 Å². The number of nitrogens with zero attached hydrogens (tertiary/aromatic N) is 1. The SMILES string of the molecule is C#CCCCCNC1CCCC1C#N. The largest absolute Gasteiger partial charge is 0.313 e. The van der Waals surface area contributed by atoms with E-state index in [1.54, 1.807) is 0 Å². The van der Waals surface area contributed by atoms with E-state index in [-0.39, 0.29) is 5.92 Å². The molecule has 0 aromatic carbocycles. The fraction of sp³-hybridized carbons (Fsp3) is 0.750. The maximum atomic E-state index is 8.86. The van der Waals surface area contributed by atoms with Gasteiger partial charge in [-0.25, -0.2) is 0 Å². The minimum Gasteiger partial charge on any atom is -0.313 e. The van der Waals surface area contributed by atoms with E-state index in [0.29, 0.717) is 6.04 Å². The van der Waals surface area contributed by atoms with Crippen LogP contribution >= 0.6 is 0 Å². The van der Waals surface area contributed by atoms with E-state index in [2.05, 4.69) is 17.3 Å². The molecule has 0 aromatic heterocycles. The zero-order chi connectivity index (χ0) is 10.2. The van der Waals surface area contributed by atoms with E-state index >= 15 is 0 Å². The van der Waals surface area contributed by atoms with Crippen molar-refractivity contribution >= 4 is 0 Å². The first-order valence-electron chi connectivity index (χ1n) is 5.45. The Morgan fingerprint density at radius 1 is 1.36 bits per heavy atom. The zero-order valence-electron chi connectivity index (χ0n) is 8.63. The van der Waals surface area contributed by atoms with Crippen molar-refractivity contribution in [2.45, 2.75) is 44.6 Å². The predicted octanol–water partition coefficient (Wildman–Crippen LogP) is 2.07. The van der Waals surface area contributed by atoms with Crippen molar-refractivity contribution in [1.29, 1.82) is 5.26 Å². The van der Waals surface area contributed by atoms with Crippen LogP contribution in [0.25, 0.3) is 0 Å². The van der Waals surface area contributed by atoms with Crippen LogP contribution in [0, 0.1) is 29.6 Å². The van der Waals surface area contributed by atoms with Crippen molar-refractivity contribution in [3.8, 4) is 18.4 Å². The van der Waals surface area contributed by atoms with Gasteiger partial charge in [-0.1, -0.05) is 6.42 Å². The second kappa shape index (κ2) is 6.46. The van der Waals surface area contributed by atoms with Gasteiger partial charge in [0.1, 0.15) is 0 Å². The van der Waals surface area contributed by atoms with Gasteiger partial charge in [0.05, 0.1) is 12.0 Å². The summed E-state index contributed by atoms with van der Waals surface area (Å²) in [5.41, 5.74) is 0. The van der Waals surface area contributed by atoms with Gasteiger partial charge < -0.3 is 5.32 Å². The summed E-state index contributed by atoms with van der Waals surface area (Å²) < 4.78 is 0. The summed E-state index contributed by atoms with van der Waals surface area (Å²) in [4.78, 5) is 0. The Bertz CT molecular complexity index is 234. The minimum atomic E-state index is 0.239. The molecule has 2 nitrogen and oxygen atoms in total. The van der Waals surface area contributed by atoms with Crippen LogP contribution in [-0.2, 0) is 0 Å². The molecule has 0 amide bonds. The Hall–Kier alpha value is -0.990. The number of unbranched alkanes of at least 4 members (excludes halogenated alkanes) is 2. The van der Waals surface area contributed by atoms with E-state index < -0.39 is 0 Å². The van der Waals surface area contributed by atoms with Gasteiger partial charge in [0.2, 0.25) is 0 Å². The molecular formula is C12H18N2. The van der Waals surface area contributed by atoms with E-state index in [1.165, 1.54) is 6.42 Å². The molecule has 2 heteroatoms. The highest BCUT2D eigenvalue weighted by molar-refractivity contribution is 4.96. The number of hydrogen-bond donors (Lipinski definition) is 1. The third-order valence-electron chi connectivity index (χ3n) is 2.84. The first-order valence-corrected chi connectivity index (χ1v) is 5.45. The molecule has 0 radical (unpaired) electrons. The topological polar surface area (TPSA) is 35.8 Å². The molecule has 1 saturated carbocycles. The summed E-state index contributed by atoms with van der Waals surface area (Å²) in [7, 11) is 0. The number of nitrogens with one attached hydrogen (secondary N) is 1. The third-order valence-corrected chi connectivity index (χ3v) is 2.84. The molecule has 2 atom stereocenters. The van der Waals surface area contributed by atoms with Gasteiger partial charge in [0.25, 0.3) is 0 Å². The maximum Gasteiger partial charge on any atom is 0.0672 e. The standard InChI is InChI=1S/C12H18N2/c1-2-3-4-5-9-14-12-8-6-7-11(12)10-13/h1,11-12,14H,3-9H2. The number of hydrogen-bond acceptors (Lipinski definition) is 2. The molecule has 0 spiro atoms. The van der Waals surface area contributed by atoms with Crippen molar-refractivity contribution in [3.05, 3.63) is 0 Å². The lowest BCUT2D eigenvalue weighted by atomic mass is 10.1. The van der Waals surface area contributed by atoms with Crippen molar-refractivity contribution in [1.82, 2.24) is 5.32 Å². The van der Waals surface area contributed by atoms with Crippen LogP contribution in [0.15, 0.2) is 0 Å². The van der Waals surface area contributed by atoms with Crippen LogP contribution in [0.1, 0.15) is 38.5 Å². The fourth-order valence-corrected chi connectivity index (χ4v) is 2.00. The first-order chi connectivity index (χ1) is 6.88. The molecule has 0 bridgehead atoms. The fourth-order valence-electron chi connectivity index (χ4n) is 2.00. The quantitative estimate of drug-likeness (QED) is 0.532. The van der Waals surface area contributed by atoms with Crippen LogP contribution in [0.3, 0.4) is 0 Å². The highest BCUT2D eigenvalue weighted by Gasteiger charge is 2.25. The van der Waals surface area contributed by atoms with Gasteiger partial charge in [-0.15, -0.1) is 12.3 Å². The first kappa shape index (κ1) is 11.1. The van der Waals surface area contributed by atoms with E-state index in [0.717, 1.165) is 38.6 Å². The average Bonchev–Trinajstić information content (AvgIpc) is 2.65. The van der Waals surface area contributed by atoms with E-state index in [1.807, 2.05) is 0 Å². The van der Waals surface area contributed by atoms with Crippen molar-refractivity contribution in [2.75, 3.05) is 6.54 Å². The Morgan fingerprint density at radius 2 is 2.21 bits per heavy atom. The Labute approximate surface area is 86.7 Å². The van der Waals surface area contributed by atoms with E-state index in [4.69, 9.17) is 11.7 Å². The molecule has 1 aliphatic rings. The summed E-state index contributed by atoms with van der Waals surface area (Å²) in [5, 5.41) is 12.3. The number of nitriles is 1. The van der Waals surface area contributed by atoms with Crippen LogP contribution in [0.4, 0.5) is 0 Å². The van der Waals surface area contributed by atoms with Crippen molar-refractivity contribution in [2.24, 2.45) is 5.92 Å². The highest BCUT2D eigenvalue weighted by atomic mass is 14.9. The summed E-state index contributed by atoms with van der Waals surface area (Å²) >= 11 is 0. The second-order valence-corrected chi connectivity index (χ2v) is 3.89.